The molecule has 0 saturated heterocycles. The highest BCUT2D eigenvalue weighted by Gasteiger charge is 2.30. The topological polar surface area (TPSA) is 42.2 Å². The fraction of sp³-hybridized carbons (Fsp3) is 0.706. The number of nitrogens with zero attached hydrogens (tertiary/aromatic N) is 2. The van der Waals surface area contributed by atoms with E-state index in [0.717, 1.165) is 26.1 Å². The van der Waals surface area contributed by atoms with Crippen molar-refractivity contribution in [2.75, 3.05) is 26.7 Å². The van der Waals surface area contributed by atoms with Crippen LogP contribution in [0.25, 0.3) is 0 Å². The van der Waals surface area contributed by atoms with Gasteiger partial charge in [-0.25, -0.2) is 0 Å². The fourth-order valence-electron chi connectivity index (χ4n) is 3.41. The van der Waals surface area contributed by atoms with Gasteiger partial charge in [-0.05, 0) is 44.0 Å². The summed E-state index contributed by atoms with van der Waals surface area (Å²) in [5.74, 6) is 0. The minimum absolute atomic E-state index is 0.357. The van der Waals surface area contributed by atoms with Crippen LogP contribution in [0.2, 0.25) is 0 Å². The zero-order chi connectivity index (χ0) is 14.3. The van der Waals surface area contributed by atoms with Crippen molar-refractivity contribution >= 4 is 0 Å². The Morgan fingerprint density at radius 1 is 1.20 bits per heavy atom. The summed E-state index contributed by atoms with van der Waals surface area (Å²) in [5, 5.41) is 0. The van der Waals surface area contributed by atoms with Crippen LogP contribution in [-0.4, -0.2) is 36.6 Å². The predicted octanol–water partition coefficient (Wildman–Crippen LogP) is 2.86. The normalized spacial score (nSPS) is 18.9. The standard InChI is InChI=1S/C17H29N3/c1-20(13-9-16-8-4-7-12-19-16)15-17(14-18)10-5-2-3-6-11-17/h4,7-8,12H,2-3,5-6,9-11,13-15,18H2,1H3. The Kier molecular flexibility index (Phi) is 5.99. The van der Waals surface area contributed by atoms with E-state index in [2.05, 4.69) is 29.1 Å². The van der Waals surface area contributed by atoms with Gasteiger partial charge in [0, 0.05) is 31.4 Å². The molecule has 1 aromatic rings. The Balaban J connectivity index is 1.83. The van der Waals surface area contributed by atoms with Crippen LogP contribution >= 0.6 is 0 Å². The molecule has 0 unspecified atom stereocenters. The maximum absolute atomic E-state index is 6.12. The van der Waals surface area contributed by atoms with Gasteiger partial charge >= 0.3 is 0 Å². The molecule has 1 aliphatic rings. The molecule has 20 heavy (non-hydrogen) atoms. The van der Waals surface area contributed by atoms with E-state index < -0.39 is 0 Å². The smallest absolute Gasteiger partial charge is 0.0416 e. The van der Waals surface area contributed by atoms with Gasteiger partial charge in [-0.1, -0.05) is 31.7 Å². The van der Waals surface area contributed by atoms with Crippen molar-refractivity contribution in [3.8, 4) is 0 Å². The second-order valence-corrected chi connectivity index (χ2v) is 6.43. The van der Waals surface area contributed by atoms with E-state index in [4.69, 9.17) is 5.73 Å². The van der Waals surface area contributed by atoms with Crippen LogP contribution in [0.3, 0.4) is 0 Å². The summed E-state index contributed by atoms with van der Waals surface area (Å²) in [6.07, 6.45) is 11.0. The first-order valence-electron chi connectivity index (χ1n) is 8.03. The van der Waals surface area contributed by atoms with Crippen molar-refractivity contribution in [3.05, 3.63) is 30.1 Å². The van der Waals surface area contributed by atoms with E-state index in [0.29, 0.717) is 5.41 Å². The van der Waals surface area contributed by atoms with Gasteiger partial charge in [-0.2, -0.15) is 0 Å². The largest absolute Gasteiger partial charge is 0.330 e. The number of hydrogen-bond acceptors (Lipinski definition) is 3. The molecule has 0 atom stereocenters. The second kappa shape index (κ2) is 7.75. The lowest BCUT2D eigenvalue weighted by Gasteiger charge is -2.35. The van der Waals surface area contributed by atoms with E-state index in [9.17, 15) is 0 Å². The number of nitrogens with two attached hydrogens (primary N) is 1. The van der Waals surface area contributed by atoms with Gasteiger partial charge in [0.1, 0.15) is 0 Å². The molecule has 1 aromatic heterocycles. The van der Waals surface area contributed by atoms with Crippen LogP contribution in [-0.2, 0) is 6.42 Å². The molecule has 1 heterocycles. The number of aromatic nitrogens is 1. The highest BCUT2D eigenvalue weighted by atomic mass is 15.1. The van der Waals surface area contributed by atoms with Crippen LogP contribution in [0, 0.1) is 5.41 Å². The number of rotatable bonds is 6. The van der Waals surface area contributed by atoms with Gasteiger partial charge in [-0.15, -0.1) is 0 Å². The Hall–Kier alpha value is -0.930. The fourth-order valence-corrected chi connectivity index (χ4v) is 3.41. The quantitative estimate of drug-likeness (QED) is 0.812. The molecule has 1 fully saturated rings. The summed E-state index contributed by atoms with van der Waals surface area (Å²) in [6, 6.07) is 6.15. The van der Waals surface area contributed by atoms with Crippen LogP contribution < -0.4 is 5.73 Å². The molecular formula is C17H29N3. The zero-order valence-electron chi connectivity index (χ0n) is 12.9. The van der Waals surface area contributed by atoms with Crippen molar-refractivity contribution in [2.45, 2.75) is 44.9 Å². The van der Waals surface area contributed by atoms with Gasteiger partial charge in [0.25, 0.3) is 0 Å². The Morgan fingerprint density at radius 2 is 1.95 bits per heavy atom. The minimum Gasteiger partial charge on any atom is -0.330 e. The molecule has 2 N–H and O–H groups in total. The first-order chi connectivity index (χ1) is 9.74. The highest BCUT2D eigenvalue weighted by Crippen LogP contribution is 2.34. The molecule has 112 valence electrons. The van der Waals surface area contributed by atoms with Gasteiger partial charge in [-0.3, -0.25) is 4.98 Å². The Labute approximate surface area is 123 Å². The maximum Gasteiger partial charge on any atom is 0.0416 e. The molecular weight excluding hydrogens is 246 g/mol. The third-order valence-corrected chi connectivity index (χ3v) is 4.68. The van der Waals surface area contributed by atoms with Crippen molar-refractivity contribution < 1.29 is 0 Å². The maximum atomic E-state index is 6.12. The number of pyridine rings is 1. The molecule has 1 saturated carbocycles. The predicted molar refractivity (Wildman–Crippen MR) is 84.6 cm³/mol. The molecule has 2 rings (SSSR count). The number of likely N-dealkylation sites (N-methyl/N-ethyl adjacent to an activating group) is 1. The van der Waals surface area contributed by atoms with Gasteiger partial charge in [0.2, 0.25) is 0 Å². The SMILES string of the molecule is CN(CCc1ccccn1)CC1(CN)CCCCCC1. The summed E-state index contributed by atoms with van der Waals surface area (Å²) < 4.78 is 0. The summed E-state index contributed by atoms with van der Waals surface area (Å²) in [4.78, 5) is 6.85. The van der Waals surface area contributed by atoms with Crippen molar-refractivity contribution in [3.63, 3.8) is 0 Å². The Bertz CT molecular complexity index is 369. The molecule has 0 radical (unpaired) electrons. The van der Waals surface area contributed by atoms with Crippen LogP contribution in [0.4, 0.5) is 0 Å². The molecule has 0 aliphatic heterocycles. The van der Waals surface area contributed by atoms with Crippen LogP contribution in [0.5, 0.6) is 0 Å². The first-order valence-corrected chi connectivity index (χ1v) is 8.03. The average molecular weight is 275 g/mol. The lowest BCUT2D eigenvalue weighted by Crippen LogP contribution is -2.41. The van der Waals surface area contributed by atoms with Gasteiger partial charge < -0.3 is 10.6 Å². The lowest BCUT2D eigenvalue weighted by atomic mass is 9.80. The zero-order valence-corrected chi connectivity index (χ0v) is 12.9. The van der Waals surface area contributed by atoms with Crippen molar-refractivity contribution in [2.24, 2.45) is 11.1 Å². The summed E-state index contributed by atoms with van der Waals surface area (Å²) >= 11 is 0. The molecule has 1 aliphatic carbocycles. The van der Waals surface area contributed by atoms with Crippen molar-refractivity contribution in [1.82, 2.24) is 9.88 Å². The monoisotopic (exact) mass is 275 g/mol. The number of hydrogen-bond donors (Lipinski definition) is 1. The van der Waals surface area contributed by atoms with Crippen molar-refractivity contribution in [1.29, 1.82) is 0 Å². The van der Waals surface area contributed by atoms with E-state index in [-0.39, 0.29) is 0 Å². The summed E-state index contributed by atoms with van der Waals surface area (Å²) in [6.45, 7) is 3.04. The molecule has 3 nitrogen and oxygen atoms in total. The van der Waals surface area contributed by atoms with E-state index in [1.54, 1.807) is 0 Å². The average Bonchev–Trinajstić information content (AvgIpc) is 2.72. The highest BCUT2D eigenvalue weighted by molar-refractivity contribution is 5.03. The van der Waals surface area contributed by atoms with Gasteiger partial charge in [0.05, 0.1) is 0 Å². The summed E-state index contributed by atoms with van der Waals surface area (Å²) in [7, 11) is 2.23. The third-order valence-electron chi connectivity index (χ3n) is 4.68. The molecule has 3 heteroatoms. The van der Waals surface area contributed by atoms with E-state index in [1.165, 1.54) is 44.2 Å². The molecule has 0 amide bonds. The first kappa shape index (κ1) is 15.5. The second-order valence-electron chi connectivity index (χ2n) is 6.43. The summed E-state index contributed by atoms with van der Waals surface area (Å²) in [5.41, 5.74) is 7.66. The molecule has 0 spiro atoms. The third kappa shape index (κ3) is 4.57. The van der Waals surface area contributed by atoms with Crippen LogP contribution in [0.15, 0.2) is 24.4 Å². The van der Waals surface area contributed by atoms with Crippen LogP contribution in [0.1, 0.15) is 44.2 Å². The van der Waals surface area contributed by atoms with E-state index in [1.807, 2.05) is 12.3 Å². The molecule has 0 aromatic carbocycles. The van der Waals surface area contributed by atoms with Gasteiger partial charge in [0.15, 0.2) is 0 Å². The van der Waals surface area contributed by atoms with E-state index >= 15 is 0 Å². The minimum atomic E-state index is 0.357. The molecule has 0 bridgehead atoms. The Morgan fingerprint density at radius 3 is 2.55 bits per heavy atom. The lowest BCUT2D eigenvalue weighted by molar-refractivity contribution is 0.158.